The first-order valence-electron chi connectivity index (χ1n) is 10.5. The number of aryl methyl sites for hydroxylation is 1. The van der Waals surface area contributed by atoms with Crippen molar-refractivity contribution in [1.82, 2.24) is 25.6 Å². The molecule has 0 atom stereocenters. The van der Waals surface area contributed by atoms with Crippen molar-refractivity contribution in [1.29, 1.82) is 0 Å². The molecular formula is C22H32IN7O. The first kappa shape index (κ1) is 24.7. The topological polar surface area (TPSA) is 83.5 Å². The second-order valence-corrected chi connectivity index (χ2v) is 7.04. The zero-order chi connectivity index (χ0) is 20.9. The van der Waals surface area contributed by atoms with Crippen LogP contribution in [-0.4, -0.2) is 54.2 Å². The number of aliphatic imine (C=N–C) groups is 1. The van der Waals surface area contributed by atoms with Crippen LogP contribution >= 0.6 is 24.0 Å². The number of benzene rings is 1. The summed E-state index contributed by atoms with van der Waals surface area (Å²) in [6.07, 6.45) is 8.02. The van der Waals surface area contributed by atoms with Crippen molar-refractivity contribution in [3.63, 3.8) is 0 Å². The molecule has 0 amide bonds. The van der Waals surface area contributed by atoms with Crippen molar-refractivity contribution in [2.75, 3.05) is 38.1 Å². The molecule has 0 bridgehead atoms. The maximum Gasteiger partial charge on any atom is 0.191 e. The van der Waals surface area contributed by atoms with Crippen LogP contribution in [0.4, 0.5) is 5.69 Å². The molecule has 2 aromatic heterocycles. The summed E-state index contributed by atoms with van der Waals surface area (Å²) in [6, 6.07) is 14.3. The molecule has 1 aromatic carbocycles. The molecule has 9 heteroatoms. The van der Waals surface area contributed by atoms with Crippen molar-refractivity contribution in [3.8, 4) is 0 Å². The number of nitrogens with zero attached hydrogens (tertiary/aromatic N) is 5. The van der Waals surface area contributed by atoms with Gasteiger partial charge in [0.05, 0.1) is 12.5 Å². The van der Waals surface area contributed by atoms with Gasteiger partial charge in [-0.05, 0) is 37.1 Å². The number of aromatic nitrogens is 3. The van der Waals surface area contributed by atoms with Crippen LogP contribution < -0.4 is 15.5 Å². The summed E-state index contributed by atoms with van der Waals surface area (Å²) < 4.78 is 7.24. The zero-order valence-corrected chi connectivity index (χ0v) is 20.3. The van der Waals surface area contributed by atoms with Gasteiger partial charge in [0.2, 0.25) is 0 Å². The van der Waals surface area contributed by atoms with Crippen molar-refractivity contribution in [2.24, 2.45) is 4.99 Å². The van der Waals surface area contributed by atoms with E-state index in [2.05, 4.69) is 57.2 Å². The van der Waals surface area contributed by atoms with Crippen LogP contribution in [0.25, 0.3) is 0 Å². The number of para-hydroxylation sites is 1. The fourth-order valence-electron chi connectivity index (χ4n) is 3.04. The molecular weight excluding hydrogens is 505 g/mol. The van der Waals surface area contributed by atoms with Crippen LogP contribution in [-0.2, 0) is 13.0 Å². The summed E-state index contributed by atoms with van der Waals surface area (Å²) in [7, 11) is 2.12. The van der Waals surface area contributed by atoms with Crippen LogP contribution in [0.3, 0.4) is 0 Å². The maximum atomic E-state index is 5.40. The van der Waals surface area contributed by atoms with Gasteiger partial charge in [-0.1, -0.05) is 23.4 Å². The second-order valence-electron chi connectivity index (χ2n) is 7.04. The minimum atomic E-state index is 0. The van der Waals surface area contributed by atoms with Crippen molar-refractivity contribution in [3.05, 3.63) is 66.9 Å². The average molecular weight is 537 g/mol. The molecule has 31 heavy (non-hydrogen) atoms. The molecule has 8 nitrogen and oxygen atoms in total. The quantitative estimate of drug-likeness (QED) is 0.160. The Hall–Kier alpha value is -2.56. The van der Waals surface area contributed by atoms with E-state index in [1.165, 1.54) is 5.69 Å². The van der Waals surface area contributed by atoms with E-state index in [0.29, 0.717) is 0 Å². The molecule has 2 heterocycles. The van der Waals surface area contributed by atoms with Crippen LogP contribution in [0.5, 0.6) is 0 Å². The molecule has 0 radical (unpaired) electrons. The summed E-state index contributed by atoms with van der Waals surface area (Å²) >= 11 is 0. The Bertz CT molecular complexity index is 838. The molecule has 0 spiro atoms. The summed E-state index contributed by atoms with van der Waals surface area (Å²) in [5.41, 5.74) is 1.23. The number of hydrogen-bond acceptors (Lipinski definition) is 5. The van der Waals surface area contributed by atoms with Gasteiger partial charge in [-0.25, -0.2) is 0 Å². The Kier molecular flexibility index (Phi) is 11.5. The van der Waals surface area contributed by atoms with Crippen LogP contribution in [0.2, 0.25) is 0 Å². The van der Waals surface area contributed by atoms with E-state index < -0.39 is 0 Å². The summed E-state index contributed by atoms with van der Waals surface area (Å²) in [4.78, 5) is 7.00. The highest BCUT2D eigenvalue weighted by molar-refractivity contribution is 14.0. The van der Waals surface area contributed by atoms with E-state index in [4.69, 9.17) is 9.41 Å². The number of halogens is 1. The summed E-state index contributed by atoms with van der Waals surface area (Å²) in [6.45, 7) is 4.13. The summed E-state index contributed by atoms with van der Waals surface area (Å²) in [5, 5.41) is 14.6. The van der Waals surface area contributed by atoms with Gasteiger partial charge in [0, 0.05) is 58.1 Å². The first-order valence-corrected chi connectivity index (χ1v) is 10.5. The molecule has 0 aliphatic heterocycles. The van der Waals surface area contributed by atoms with Crippen molar-refractivity contribution in [2.45, 2.75) is 25.8 Å². The lowest BCUT2D eigenvalue weighted by Crippen LogP contribution is -2.39. The molecule has 168 valence electrons. The van der Waals surface area contributed by atoms with Crippen LogP contribution in [0.1, 0.15) is 18.6 Å². The second kappa shape index (κ2) is 14.4. The van der Waals surface area contributed by atoms with E-state index in [-0.39, 0.29) is 24.0 Å². The van der Waals surface area contributed by atoms with Gasteiger partial charge in [0.1, 0.15) is 5.76 Å². The Morgan fingerprint density at radius 1 is 1.10 bits per heavy atom. The third-order valence-electron chi connectivity index (χ3n) is 4.69. The lowest BCUT2D eigenvalue weighted by atomic mass is 10.3. The van der Waals surface area contributed by atoms with Gasteiger partial charge < -0.3 is 20.0 Å². The van der Waals surface area contributed by atoms with E-state index in [1.54, 1.807) is 12.5 Å². The molecule has 3 rings (SSSR count). The molecule has 3 aromatic rings. The smallest absolute Gasteiger partial charge is 0.191 e. The molecule has 0 aliphatic rings. The lowest BCUT2D eigenvalue weighted by Gasteiger charge is -2.18. The lowest BCUT2D eigenvalue weighted by molar-refractivity contribution is 0.506. The number of anilines is 1. The number of guanidine groups is 1. The Balaban J connectivity index is 0.00000341. The van der Waals surface area contributed by atoms with Gasteiger partial charge in [-0.3, -0.25) is 9.67 Å². The molecule has 0 saturated heterocycles. The molecule has 0 saturated carbocycles. The van der Waals surface area contributed by atoms with Gasteiger partial charge in [-0.15, -0.1) is 29.1 Å². The largest absolute Gasteiger partial charge is 0.469 e. The summed E-state index contributed by atoms with van der Waals surface area (Å²) in [5.74, 6) is 1.81. The minimum absolute atomic E-state index is 0. The molecule has 0 fully saturated rings. The third-order valence-corrected chi connectivity index (χ3v) is 4.69. The number of rotatable bonds is 12. The van der Waals surface area contributed by atoms with E-state index in [1.807, 2.05) is 29.1 Å². The number of hydrogen-bond donors (Lipinski definition) is 2. The van der Waals surface area contributed by atoms with E-state index >= 15 is 0 Å². The van der Waals surface area contributed by atoms with E-state index in [0.717, 1.165) is 63.7 Å². The molecule has 2 N–H and O–H groups in total. The predicted octanol–water partition coefficient (Wildman–Crippen LogP) is 3.18. The van der Waals surface area contributed by atoms with Crippen molar-refractivity contribution >= 4 is 35.6 Å². The highest BCUT2D eigenvalue weighted by Gasteiger charge is 2.02. The Morgan fingerprint density at radius 2 is 1.94 bits per heavy atom. The van der Waals surface area contributed by atoms with Crippen LogP contribution in [0.15, 0.2) is 70.5 Å². The highest BCUT2D eigenvalue weighted by atomic mass is 127. The Labute approximate surface area is 201 Å². The fourth-order valence-corrected chi connectivity index (χ4v) is 3.04. The normalized spacial score (nSPS) is 11.1. The van der Waals surface area contributed by atoms with Crippen molar-refractivity contribution < 1.29 is 4.42 Å². The number of nitrogens with one attached hydrogen (secondary N) is 2. The van der Waals surface area contributed by atoms with Gasteiger partial charge in [-0.2, -0.15) is 0 Å². The maximum absolute atomic E-state index is 5.40. The molecule has 0 aliphatic carbocycles. The van der Waals surface area contributed by atoms with E-state index in [9.17, 15) is 0 Å². The average Bonchev–Trinajstić information content (AvgIpc) is 3.48. The Morgan fingerprint density at radius 3 is 2.68 bits per heavy atom. The van der Waals surface area contributed by atoms with Crippen LogP contribution in [0, 0.1) is 0 Å². The monoisotopic (exact) mass is 537 g/mol. The highest BCUT2D eigenvalue weighted by Crippen LogP contribution is 2.10. The fraction of sp³-hybridized carbons (Fsp3) is 0.409. The standard InChI is InChI=1S/C22H31N7O.HI/c1-28(20-8-3-2-4-9-20)16-6-12-23-22(25-14-11-21-10-5-19-30-21)24-13-7-17-29-18-15-26-27-29;/h2-5,8-10,15,18-19H,6-7,11-14,16-17H2,1H3,(H2,23,24,25);1H. The molecule has 0 unspecified atom stereocenters. The minimum Gasteiger partial charge on any atom is -0.469 e. The number of furan rings is 1. The first-order chi connectivity index (χ1) is 14.8. The predicted molar refractivity (Wildman–Crippen MR) is 135 cm³/mol. The van der Waals surface area contributed by atoms with Gasteiger partial charge in [0.25, 0.3) is 0 Å². The van der Waals surface area contributed by atoms with Gasteiger partial charge >= 0.3 is 0 Å². The SMILES string of the molecule is CN(CCCN=C(NCCCn1ccnn1)NCCc1ccco1)c1ccccc1.I. The third kappa shape index (κ3) is 9.41. The van der Waals surface area contributed by atoms with Gasteiger partial charge in [0.15, 0.2) is 5.96 Å². The zero-order valence-electron chi connectivity index (χ0n) is 18.0.